The molecular weight excluding hydrogens is 286 g/mol. The maximum Gasteiger partial charge on any atom is 0.251 e. The SMILES string of the molecule is O=C(NC1CC1)[C@@H](Sc1nccc(=O)[nH]1)c1ccccc1. The van der Waals surface area contributed by atoms with Crippen molar-refractivity contribution in [2.45, 2.75) is 29.3 Å². The first-order valence-electron chi connectivity index (χ1n) is 6.80. The van der Waals surface area contributed by atoms with Gasteiger partial charge in [0.2, 0.25) is 5.91 Å². The summed E-state index contributed by atoms with van der Waals surface area (Å²) in [5.74, 6) is -0.0415. The second-order valence-corrected chi connectivity index (χ2v) is 6.02. The van der Waals surface area contributed by atoms with Crippen molar-refractivity contribution in [3.63, 3.8) is 0 Å². The van der Waals surface area contributed by atoms with Crippen LogP contribution in [-0.2, 0) is 4.79 Å². The maximum atomic E-state index is 12.4. The Morgan fingerprint density at radius 2 is 2.05 bits per heavy atom. The summed E-state index contributed by atoms with van der Waals surface area (Å²) < 4.78 is 0. The molecule has 1 saturated carbocycles. The maximum absolute atomic E-state index is 12.4. The van der Waals surface area contributed by atoms with Crippen LogP contribution in [0.4, 0.5) is 0 Å². The fourth-order valence-electron chi connectivity index (χ4n) is 1.93. The molecule has 6 heteroatoms. The Morgan fingerprint density at radius 1 is 1.29 bits per heavy atom. The summed E-state index contributed by atoms with van der Waals surface area (Å²) in [5, 5.41) is 3.04. The quantitative estimate of drug-likeness (QED) is 0.653. The predicted octanol–water partition coefficient (Wildman–Crippen LogP) is 1.88. The molecule has 0 bridgehead atoms. The third-order valence-corrected chi connectivity index (χ3v) is 4.29. The van der Waals surface area contributed by atoms with Crippen LogP contribution in [0.1, 0.15) is 23.7 Å². The van der Waals surface area contributed by atoms with E-state index in [1.54, 1.807) is 0 Å². The number of rotatable bonds is 5. The van der Waals surface area contributed by atoms with Gasteiger partial charge in [-0.3, -0.25) is 9.59 Å². The Hall–Kier alpha value is -2.08. The highest BCUT2D eigenvalue weighted by molar-refractivity contribution is 8.00. The fourth-order valence-corrected chi connectivity index (χ4v) is 2.90. The molecular formula is C15H15N3O2S. The van der Waals surface area contributed by atoms with E-state index in [0.29, 0.717) is 11.2 Å². The molecule has 0 radical (unpaired) electrons. The van der Waals surface area contributed by atoms with Crippen LogP contribution in [0.25, 0.3) is 0 Å². The second-order valence-electron chi connectivity index (χ2n) is 4.93. The van der Waals surface area contributed by atoms with Gasteiger partial charge in [0.25, 0.3) is 5.56 Å². The zero-order valence-corrected chi connectivity index (χ0v) is 12.1. The summed E-state index contributed by atoms with van der Waals surface area (Å²) in [6.07, 6.45) is 3.53. The van der Waals surface area contributed by atoms with Crippen LogP contribution < -0.4 is 10.9 Å². The Balaban J connectivity index is 1.84. The first-order valence-corrected chi connectivity index (χ1v) is 7.67. The normalized spacial score (nSPS) is 15.4. The van der Waals surface area contributed by atoms with Gasteiger partial charge in [-0.1, -0.05) is 42.1 Å². The first kappa shape index (κ1) is 13.9. The smallest absolute Gasteiger partial charge is 0.251 e. The Morgan fingerprint density at radius 3 is 2.71 bits per heavy atom. The predicted molar refractivity (Wildman–Crippen MR) is 81.1 cm³/mol. The monoisotopic (exact) mass is 301 g/mol. The van der Waals surface area contributed by atoms with E-state index in [1.165, 1.54) is 24.0 Å². The van der Waals surface area contributed by atoms with E-state index >= 15 is 0 Å². The molecule has 21 heavy (non-hydrogen) atoms. The van der Waals surface area contributed by atoms with Gasteiger partial charge in [-0.05, 0) is 18.4 Å². The molecule has 1 fully saturated rings. The number of benzene rings is 1. The number of aromatic nitrogens is 2. The summed E-state index contributed by atoms with van der Waals surface area (Å²) in [5.41, 5.74) is 0.675. The van der Waals surface area contributed by atoms with Crippen molar-refractivity contribution in [1.29, 1.82) is 0 Å². The summed E-state index contributed by atoms with van der Waals surface area (Å²) in [4.78, 5) is 30.5. The number of nitrogens with one attached hydrogen (secondary N) is 2. The van der Waals surface area contributed by atoms with E-state index in [9.17, 15) is 9.59 Å². The molecule has 1 aliphatic carbocycles. The number of thioether (sulfide) groups is 1. The van der Waals surface area contributed by atoms with Crippen molar-refractivity contribution in [3.05, 3.63) is 58.5 Å². The lowest BCUT2D eigenvalue weighted by atomic mass is 10.1. The van der Waals surface area contributed by atoms with Gasteiger partial charge in [0, 0.05) is 18.3 Å². The Bertz CT molecular complexity index is 683. The summed E-state index contributed by atoms with van der Waals surface area (Å²) in [6, 6.07) is 11.2. The minimum absolute atomic E-state index is 0.0415. The van der Waals surface area contributed by atoms with Crippen molar-refractivity contribution in [3.8, 4) is 0 Å². The van der Waals surface area contributed by atoms with Crippen molar-refractivity contribution in [2.75, 3.05) is 0 Å². The van der Waals surface area contributed by atoms with Gasteiger partial charge in [-0.2, -0.15) is 0 Å². The Kier molecular flexibility index (Phi) is 4.06. The highest BCUT2D eigenvalue weighted by Crippen LogP contribution is 2.34. The van der Waals surface area contributed by atoms with Crippen molar-refractivity contribution in [2.24, 2.45) is 0 Å². The lowest BCUT2D eigenvalue weighted by Gasteiger charge is -2.16. The number of nitrogens with zero attached hydrogens (tertiary/aromatic N) is 1. The van der Waals surface area contributed by atoms with Gasteiger partial charge in [0.05, 0.1) is 0 Å². The summed E-state index contributed by atoms with van der Waals surface area (Å²) in [7, 11) is 0. The van der Waals surface area contributed by atoms with Crippen LogP contribution in [0.5, 0.6) is 0 Å². The van der Waals surface area contributed by atoms with Crippen LogP contribution in [0.3, 0.4) is 0 Å². The summed E-state index contributed by atoms with van der Waals surface area (Å²) in [6.45, 7) is 0. The average molecular weight is 301 g/mol. The molecule has 2 N–H and O–H groups in total. The van der Waals surface area contributed by atoms with Gasteiger partial charge in [0.1, 0.15) is 5.25 Å². The molecule has 108 valence electrons. The molecule has 0 spiro atoms. The third kappa shape index (κ3) is 3.72. The van der Waals surface area contributed by atoms with Crippen LogP contribution in [-0.4, -0.2) is 21.9 Å². The van der Waals surface area contributed by atoms with Crippen LogP contribution in [0, 0.1) is 0 Å². The van der Waals surface area contributed by atoms with Gasteiger partial charge in [-0.15, -0.1) is 0 Å². The second kappa shape index (κ2) is 6.13. The van der Waals surface area contributed by atoms with Gasteiger partial charge in [0.15, 0.2) is 5.16 Å². The summed E-state index contributed by atoms with van der Waals surface area (Å²) >= 11 is 1.26. The van der Waals surface area contributed by atoms with Gasteiger partial charge < -0.3 is 10.3 Å². The number of H-pyrrole nitrogens is 1. The molecule has 1 atom stereocenters. The van der Waals surface area contributed by atoms with Crippen molar-refractivity contribution < 1.29 is 4.79 Å². The van der Waals surface area contributed by atoms with Crippen LogP contribution >= 0.6 is 11.8 Å². The molecule has 1 aliphatic rings. The van der Waals surface area contributed by atoms with E-state index in [4.69, 9.17) is 0 Å². The van der Waals surface area contributed by atoms with Crippen LogP contribution in [0.2, 0.25) is 0 Å². The number of carbonyl (C=O) groups is 1. The lowest BCUT2D eigenvalue weighted by Crippen LogP contribution is -2.30. The van der Waals surface area contributed by atoms with Crippen molar-refractivity contribution >= 4 is 17.7 Å². The minimum atomic E-state index is -0.419. The van der Waals surface area contributed by atoms with E-state index < -0.39 is 5.25 Å². The molecule has 1 amide bonds. The van der Waals surface area contributed by atoms with Gasteiger partial charge in [-0.25, -0.2) is 4.98 Å². The van der Waals surface area contributed by atoms with E-state index in [0.717, 1.165) is 18.4 Å². The number of hydrogen-bond acceptors (Lipinski definition) is 4. The molecule has 1 aromatic carbocycles. The average Bonchev–Trinajstić information content (AvgIpc) is 3.29. The molecule has 0 saturated heterocycles. The Labute approximate surface area is 126 Å². The van der Waals surface area contributed by atoms with Crippen LogP contribution in [0.15, 0.2) is 52.5 Å². The fraction of sp³-hybridized carbons (Fsp3) is 0.267. The molecule has 1 heterocycles. The first-order chi connectivity index (χ1) is 10.2. The van der Waals surface area contributed by atoms with Gasteiger partial charge >= 0.3 is 0 Å². The van der Waals surface area contributed by atoms with Crippen molar-refractivity contribution in [1.82, 2.24) is 15.3 Å². The largest absolute Gasteiger partial charge is 0.352 e. The van der Waals surface area contributed by atoms with E-state index in [1.807, 2.05) is 30.3 Å². The molecule has 1 aromatic heterocycles. The van der Waals surface area contributed by atoms with E-state index in [2.05, 4.69) is 15.3 Å². The highest BCUT2D eigenvalue weighted by atomic mass is 32.2. The molecule has 3 rings (SSSR count). The molecule has 2 aromatic rings. The third-order valence-electron chi connectivity index (χ3n) is 3.14. The number of carbonyl (C=O) groups excluding carboxylic acids is 1. The van der Waals surface area contributed by atoms with E-state index in [-0.39, 0.29) is 11.5 Å². The topological polar surface area (TPSA) is 74.8 Å². The number of aromatic amines is 1. The standard InChI is InChI=1S/C15H15N3O2S/c19-12-8-9-16-15(18-12)21-13(10-4-2-1-3-5-10)14(20)17-11-6-7-11/h1-5,8-9,11,13H,6-7H2,(H,17,20)(H,16,18,19)/t13-/m0/s1. The zero-order chi connectivity index (χ0) is 14.7. The lowest BCUT2D eigenvalue weighted by molar-refractivity contribution is -0.120. The molecule has 5 nitrogen and oxygen atoms in total. The number of amides is 1. The minimum Gasteiger partial charge on any atom is -0.352 e. The molecule has 0 unspecified atom stereocenters. The zero-order valence-electron chi connectivity index (χ0n) is 11.3. The highest BCUT2D eigenvalue weighted by Gasteiger charge is 2.29. The number of hydrogen-bond donors (Lipinski definition) is 2. The molecule has 0 aliphatic heterocycles.